The normalized spacial score (nSPS) is 27.1. The van der Waals surface area contributed by atoms with E-state index in [-0.39, 0.29) is 41.7 Å². The molecule has 1 rings (SSSR count). The Morgan fingerprint density at radius 1 is 1.25 bits per heavy atom. The van der Waals surface area contributed by atoms with Gasteiger partial charge in [0, 0.05) is 12.3 Å². The standard InChI is InChI=1S/C14H28N2O3S/c1-7-10(4)12-14(17)16(13(15-12)9(2)3)11(5)8-20(6,18)19/h9-13,15H,7-8H2,1-6H3. The lowest BCUT2D eigenvalue weighted by Gasteiger charge is -2.32. The molecule has 1 fully saturated rings. The van der Waals surface area contributed by atoms with Crippen LogP contribution in [0.5, 0.6) is 0 Å². The summed E-state index contributed by atoms with van der Waals surface area (Å²) in [4.78, 5) is 14.4. The van der Waals surface area contributed by atoms with Crippen LogP contribution in [0.25, 0.3) is 0 Å². The minimum atomic E-state index is -3.10. The van der Waals surface area contributed by atoms with E-state index >= 15 is 0 Å². The second-order valence-corrected chi connectivity index (χ2v) is 8.59. The van der Waals surface area contributed by atoms with Crippen LogP contribution >= 0.6 is 0 Å². The van der Waals surface area contributed by atoms with Gasteiger partial charge in [0.15, 0.2) is 0 Å². The molecule has 0 aromatic rings. The smallest absolute Gasteiger partial charge is 0.241 e. The van der Waals surface area contributed by atoms with E-state index in [0.29, 0.717) is 0 Å². The molecule has 4 unspecified atom stereocenters. The fourth-order valence-corrected chi connectivity index (χ4v) is 3.84. The number of carbonyl (C=O) groups is 1. The molecular weight excluding hydrogens is 276 g/mol. The fraction of sp³-hybridized carbons (Fsp3) is 0.929. The van der Waals surface area contributed by atoms with E-state index < -0.39 is 9.84 Å². The predicted octanol–water partition coefficient (Wildman–Crippen LogP) is 1.25. The number of hydrogen-bond acceptors (Lipinski definition) is 4. The summed E-state index contributed by atoms with van der Waals surface area (Å²) in [7, 11) is -3.10. The van der Waals surface area contributed by atoms with Gasteiger partial charge in [-0.05, 0) is 18.8 Å². The van der Waals surface area contributed by atoms with Crippen LogP contribution in [0.15, 0.2) is 0 Å². The topological polar surface area (TPSA) is 66.5 Å². The third kappa shape index (κ3) is 3.95. The quantitative estimate of drug-likeness (QED) is 0.802. The van der Waals surface area contributed by atoms with Crippen molar-refractivity contribution < 1.29 is 13.2 Å². The highest BCUT2D eigenvalue weighted by Gasteiger charge is 2.44. The average molecular weight is 304 g/mol. The molecule has 0 spiro atoms. The van der Waals surface area contributed by atoms with Crippen LogP contribution in [0.2, 0.25) is 0 Å². The molecule has 0 saturated carbocycles. The van der Waals surface area contributed by atoms with E-state index in [9.17, 15) is 13.2 Å². The Hall–Kier alpha value is -0.620. The van der Waals surface area contributed by atoms with Crippen molar-refractivity contribution in [2.75, 3.05) is 12.0 Å². The van der Waals surface area contributed by atoms with Gasteiger partial charge in [-0.25, -0.2) is 8.42 Å². The van der Waals surface area contributed by atoms with Gasteiger partial charge in [-0.1, -0.05) is 34.1 Å². The SMILES string of the molecule is CCC(C)C1NC(C(C)C)N(C(C)CS(C)(=O)=O)C1=O. The molecule has 4 atom stereocenters. The van der Waals surface area contributed by atoms with Gasteiger partial charge in [0.2, 0.25) is 5.91 Å². The van der Waals surface area contributed by atoms with Crippen molar-refractivity contribution >= 4 is 15.7 Å². The molecule has 5 nitrogen and oxygen atoms in total. The molecule has 1 N–H and O–H groups in total. The number of amides is 1. The van der Waals surface area contributed by atoms with Gasteiger partial charge in [0.05, 0.1) is 18.0 Å². The maximum atomic E-state index is 12.6. The molecule has 1 heterocycles. The molecule has 0 aliphatic carbocycles. The molecule has 0 radical (unpaired) electrons. The molecule has 0 bridgehead atoms. The van der Waals surface area contributed by atoms with Crippen molar-refractivity contribution in [3.8, 4) is 0 Å². The third-order valence-corrected chi connectivity index (χ3v) is 5.12. The van der Waals surface area contributed by atoms with Crippen LogP contribution in [0.4, 0.5) is 0 Å². The highest BCUT2D eigenvalue weighted by Crippen LogP contribution is 2.25. The fourth-order valence-electron chi connectivity index (χ4n) is 2.80. The van der Waals surface area contributed by atoms with Gasteiger partial charge in [-0.3, -0.25) is 10.1 Å². The van der Waals surface area contributed by atoms with E-state index in [1.165, 1.54) is 6.26 Å². The highest BCUT2D eigenvalue weighted by atomic mass is 32.2. The monoisotopic (exact) mass is 304 g/mol. The Bertz CT molecular complexity index is 447. The van der Waals surface area contributed by atoms with Gasteiger partial charge in [-0.15, -0.1) is 0 Å². The number of rotatable bonds is 6. The summed E-state index contributed by atoms with van der Waals surface area (Å²) < 4.78 is 23.0. The Balaban J connectivity index is 2.98. The number of carbonyl (C=O) groups excluding carboxylic acids is 1. The summed E-state index contributed by atoms with van der Waals surface area (Å²) in [6, 6.07) is -0.499. The maximum absolute atomic E-state index is 12.6. The maximum Gasteiger partial charge on any atom is 0.241 e. The van der Waals surface area contributed by atoms with Crippen LogP contribution in [-0.2, 0) is 14.6 Å². The number of nitrogens with zero attached hydrogens (tertiary/aromatic N) is 1. The van der Waals surface area contributed by atoms with Crippen molar-refractivity contribution in [2.24, 2.45) is 11.8 Å². The van der Waals surface area contributed by atoms with E-state index in [2.05, 4.69) is 19.2 Å². The van der Waals surface area contributed by atoms with Crippen molar-refractivity contribution in [1.29, 1.82) is 0 Å². The largest absolute Gasteiger partial charge is 0.322 e. The van der Waals surface area contributed by atoms with E-state index in [1.54, 1.807) is 4.90 Å². The average Bonchev–Trinajstić information content (AvgIpc) is 2.64. The molecule has 0 aromatic carbocycles. The Morgan fingerprint density at radius 2 is 1.80 bits per heavy atom. The second kappa shape index (κ2) is 6.43. The first kappa shape index (κ1) is 17.4. The minimum absolute atomic E-state index is 0.0108. The van der Waals surface area contributed by atoms with Crippen molar-refractivity contribution in [1.82, 2.24) is 10.2 Å². The van der Waals surface area contributed by atoms with Gasteiger partial charge in [-0.2, -0.15) is 0 Å². The van der Waals surface area contributed by atoms with E-state index in [0.717, 1.165) is 6.42 Å². The van der Waals surface area contributed by atoms with Crippen LogP contribution in [0, 0.1) is 11.8 Å². The van der Waals surface area contributed by atoms with Crippen LogP contribution in [-0.4, -0.2) is 49.5 Å². The molecule has 1 saturated heterocycles. The molecule has 1 aliphatic heterocycles. The lowest BCUT2D eigenvalue weighted by atomic mass is 9.99. The Kier molecular flexibility index (Phi) is 5.61. The molecule has 118 valence electrons. The zero-order chi connectivity index (χ0) is 15.7. The molecule has 20 heavy (non-hydrogen) atoms. The highest BCUT2D eigenvalue weighted by molar-refractivity contribution is 7.90. The zero-order valence-electron chi connectivity index (χ0n) is 13.4. The summed E-state index contributed by atoms with van der Waals surface area (Å²) in [5, 5.41) is 3.39. The van der Waals surface area contributed by atoms with Crippen molar-refractivity contribution in [3.63, 3.8) is 0 Å². The van der Waals surface area contributed by atoms with Gasteiger partial charge in [0.1, 0.15) is 9.84 Å². The lowest BCUT2D eigenvalue weighted by Crippen LogP contribution is -2.48. The summed E-state index contributed by atoms with van der Waals surface area (Å²) in [5.41, 5.74) is 0. The lowest BCUT2D eigenvalue weighted by molar-refractivity contribution is -0.132. The number of nitrogens with one attached hydrogen (secondary N) is 1. The number of sulfone groups is 1. The zero-order valence-corrected chi connectivity index (χ0v) is 14.2. The van der Waals surface area contributed by atoms with Gasteiger partial charge < -0.3 is 4.90 Å². The first-order chi connectivity index (χ1) is 9.08. The van der Waals surface area contributed by atoms with E-state index in [4.69, 9.17) is 0 Å². The van der Waals surface area contributed by atoms with Gasteiger partial charge in [0.25, 0.3) is 0 Å². The molecule has 0 aromatic heterocycles. The summed E-state index contributed by atoms with van der Waals surface area (Å²) in [5.74, 6) is 0.542. The first-order valence-corrected chi connectivity index (χ1v) is 9.40. The first-order valence-electron chi connectivity index (χ1n) is 7.34. The summed E-state index contributed by atoms with van der Waals surface area (Å²) >= 11 is 0. The Labute approximate surface area is 123 Å². The third-order valence-electron chi connectivity index (χ3n) is 4.03. The summed E-state index contributed by atoms with van der Waals surface area (Å²) in [6.07, 6.45) is 2.05. The van der Waals surface area contributed by atoms with Crippen LogP contribution < -0.4 is 5.32 Å². The molecule has 1 amide bonds. The van der Waals surface area contributed by atoms with Crippen molar-refractivity contribution in [2.45, 2.75) is 59.3 Å². The minimum Gasteiger partial charge on any atom is -0.322 e. The molecule has 6 heteroatoms. The van der Waals surface area contributed by atoms with Crippen LogP contribution in [0.3, 0.4) is 0 Å². The van der Waals surface area contributed by atoms with Gasteiger partial charge >= 0.3 is 0 Å². The summed E-state index contributed by atoms with van der Waals surface area (Å²) in [6.45, 7) is 10.0. The van der Waals surface area contributed by atoms with Crippen molar-refractivity contribution in [3.05, 3.63) is 0 Å². The van der Waals surface area contributed by atoms with Crippen LogP contribution in [0.1, 0.15) is 41.0 Å². The molecule has 1 aliphatic rings. The molecular formula is C14H28N2O3S. The predicted molar refractivity (Wildman–Crippen MR) is 81.0 cm³/mol. The van der Waals surface area contributed by atoms with E-state index in [1.807, 2.05) is 20.8 Å². The second-order valence-electron chi connectivity index (χ2n) is 6.41. The Morgan fingerprint density at radius 3 is 2.20 bits per heavy atom. The number of hydrogen-bond donors (Lipinski definition) is 1.